The molecule has 0 spiro atoms. The van der Waals surface area contributed by atoms with Gasteiger partial charge in [0.2, 0.25) is 0 Å². The second kappa shape index (κ2) is 8.92. The molecule has 6 nitrogen and oxygen atoms in total. The third-order valence-corrected chi connectivity index (χ3v) is 2.39. The molecule has 0 bridgehead atoms. The Hall–Kier alpha value is -1.08. The average Bonchev–Trinajstić information content (AvgIpc) is 2.29. The Bertz CT molecular complexity index is 288. The van der Waals surface area contributed by atoms with Crippen molar-refractivity contribution < 1.29 is 14.6 Å². The van der Waals surface area contributed by atoms with Gasteiger partial charge >= 0.3 is 6.09 Å². The van der Waals surface area contributed by atoms with Crippen molar-refractivity contribution >= 4 is 23.4 Å². The maximum Gasteiger partial charge on any atom is 0.407 e. The van der Waals surface area contributed by atoms with Crippen LogP contribution < -0.4 is 16.0 Å². The highest BCUT2D eigenvalue weighted by Gasteiger charge is 2.15. The Morgan fingerprint density at radius 2 is 1.89 bits per heavy atom. The number of hydrogen-bond donors (Lipinski definition) is 4. The number of alkyl carbamates (subject to hydrolysis) is 1. The summed E-state index contributed by atoms with van der Waals surface area (Å²) in [6.45, 7) is 8.32. The molecule has 0 aliphatic carbocycles. The van der Waals surface area contributed by atoms with Gasteiger partial charge in [0.1, 0.15) is 5.60 Å². The van der Waals surface area contributed by atoms with E-state index in [9.17, 15) is 4.79 Å². The summed E-state index contributed by atoms with van der Waals surface area (Å²) in [6.07, 6.45) is 0.337. The predicted octanol–water partition coefficient (Wildman–Crippen LogP) is 0.746. The number of aliphatic hydroxyl groups is 1. The molecule has 112 valence electrons. The first-order valence-corrected chi connectivity index (χ1v) is 6.81. The van der Waals surface area contributed by atoms with Crippen LogP contribution in [-0.4, -0.2) is 47.7 Å². The van der Waals surface area contributed by atoms with Gasteiger partial charge in [0.05, 0.1) is 12.6 Å². The van der Waals surface area contributed by atoms with Crippen LogP contribution in [0.15, 0.2) is 0 Å². The van der Waals surface area contributed by atoms with Crippen molar-refractivity contribution in [2.24, 2.45) is 0 Å². The summed E-state index contributed by atoms with van der Waals surface area (Å²) in [5.41, 5.74) is -0.496. The van der Waals surface area contributed by atoms with E-state index in [1.165, 1.54) is 0 Å². The van der Waals surface area contributed by atoms with Gasteiger partial charge in [0, 0.05) is 13.1 Å². The molecular weight excluding hydrogens is 266 g/mol. The quantitative estimate of drug-likeness (QED) is 0.427. The third-order valence-electron chi connectivity index (χ3n) is 2.13. The number of carbonyl (C=O) groups excluding carboxylic acids is 1. The zero-order valence-corrected chi connectivity index (χ0v) is 12.9. The molecule has 1 amide bonds. The monoisotopic (exact) mass is 291 g/mol. The van der Waals surface area contributed by atoms with Crippen LogP contribution in [-0.2, 0) is 4.74 Å². The lowest BCUT2D eigenvalue weighted by atomic mass is 10.2. The second-order valence-corrected chi connectivity index (χ2v) is 5.52. The van der Waals surface area contributed by atoms with E-state index in [1.54, 1.807) is 0 Å². The molecule has 4 N–H and O–H groups in total. The fraction of sp³-hybridized carbons (Fsp3) is 0.833. The van der Waals surface area contributed by atoms with Crippen molar-refractivity contribution in [3.8, 4) is 0 Å². The molecule has 1 atom stereocenters. The number of thiocarbonyl (C=S) groups is 1. The molecule has 19 heavy (non-hydrogen) atoms. The summed E-state index contributed by atoms with van der Waals surface area (Å²) in [7, 11) is 0. The lowest BCUT2D eigenvalue weighted by Crippen LogP contribution is -2.45. The van der Waals surface area contributed by atoms with Gasteiger partial charge in [0.25, 0.3) is 0 Å². The van der Waals surface area contributed by atoms with Crippen LogP contribution in [0.2, 0.25) is 0 Å². The molecule has 1 unspecified atom stereocenters. The van der Waals surface area contributed by atoms with Crippen molar-refractivity contribution in [3.63, 3.8) is 0 Å². The lowest BCUT2D eigenvalue weighted by molar-refractivity contribution is 0.0529. The van der Waals surface area contributed by atoms with Gasteiger partial charge in [-0.15, -0.1) is 0 Å². The van der Waals surface area contributed by atoms with E-state index in [4.69, 9.17) is 22.1 Å². The maximum absolute atomic E-state index is 11.3. The van der Waals surface area contributed by atoms with Gasteiger partial charge in [-0.3, -0.25) is 0 Å². The predicted molar refractivity (Wildman–Crippen MR) is 79.1 cm³/mol. The summed E-state index contributed by atoms with van der Waals surface area (Å²) in [5.74, 6) is 0. The minimum Gasteiger partial charge on any atom is -0.444 e. The van der Waals surface area contributed by atoms with E-state index in [0.29, 0.717) is 18.2 Å². The molecule has 0 fully saturated rings. The normalized spacial score (nSPS) is 12.5. The highest BCUT2D eigenvalue weighted by molar-refractivity contribution is 7.80. The number of amides is 1. The summed E-state index contributed by atoms with van der Waals surface area (Å²) < 4.78 is 5.08. The van der Waals surface area contributed by atoms with E-state index < -0.39 is 11.7 Å². The largest absolute Gasteiger partial charge is 0.444 e. The third kappa shape index (κ3) is 10.5. The fourth-order valence-electron chi connectivity index (χ4n) is 1.17. The molecule has 0 saturated heterocycles. The first-order chi connectivity index (χ1) is 8.78. The number of hydrogen-bond acceptors (Lipinski definition) is 4. The molecule has 7 heteroatoms. The van der Waals surface area contributed by atoms with Crippen molar-refractivity contribution in [2.75, 3.05) is 19.7 Å². The first-order valence-electron chi connectivity index (χ1n) is 6.40. The Morgan fingerprint density at radius 1 is 1.32 bits per heavy atom. The summed E-state index contributed by atoms with van der Waals surface area (Å²) in [4.78, 5) is 11.3. The van der Waals surface area contributed by atoms with Crippen molar-refractivity contribution in [1.29, 1.82) is 0 Å². The number of carbonyl (C=O) groups is 1. The molecule has 0 aliphatic rings. The number of nitrogens with one attached hydrogen (secondary N) is 3. The van der Waals surface area contributed by atoms with E-state index in [1.807, 2.05) is 27.7 Å². The highest BCUT2D eigenvalue weighted by Crippen LogP contribution is 2.05. The van der Waals surface area contributed by atoms with Crippen molar-refractivity contribution in [3.05, 3.63) is 0 Å². The van der Waals surface area contributed by atoms with Crippen LogP contribution in [0.4, 0.5) is 4.79 Å². The number of rotatable bonds is 6. The molecular formula is C12H25N3O3S. The molecule has 0 aliphatic heterocycles. The zero-order valence-electron chi connectivity index (χ0n) is 12.1. The molecule has 0 rings (SSSR count). The number of aliphatic hydroxyl groups excluding tert-OH is 1. The molecule has 0 aromatic rings. The lowest BCUT2D eigenvalue weighted by Gasteiger charge is -2.20. The van der Waals surface area contributed by atoms with Crippen LogP contribution >= 0.6 is 12.2 Å². The molecule has 0 heterocycles. The summed E-state index contributed by atoms with van der Waals surface area (Å²) >= 11 is 5.05. The van der Waals surface area contributed by atoms with Crippen molar-refractivity contribution in [2.45, 2.75) is 45.8 Å². The van der Waals surface area contributed by atoms with Gasteiger partial charge in [-0.1, -0.05) is 6.92 Å². The fourth-order valence-corrected chi connectivity index (χ4v) is 1.44. The minimum absolute atomic E-state index is 0.0362. The van der Waals surface area contributed by atoms with E-state index in [0.717, 1.165) is 6.42 Å². The summed E-state index contributed by atoms with van der Waals surface area (Å²) in [5, 5.41) is 18.0. The van der Waals surface area contributed by atoms with Gasteiger partial charge in [0.15, 0.2) is 5.11 Å². The molecule has 0 aromatic heterocycles. The van der Waals surface area contributed by atoms with Crippen LogP contribution in [0, 0.1) is 0 Å². The van der Waals surface area contributed by atoms with Gasteiger partial charge in [-0.25, -0.2) is 4.79 Å². The second-order valence-electron chi connectivity index (χ2n) is 5.12. The minimum atomic E-state index is -0.496. The van der Waals surface area contributed by atoms with Crippen molar-refractivity contribution in [1.82, 2.24) is 16.0 Å². The SMILES string of the molecule is CCC(CO)NC(=S)NCCNC(=O)OC(C)(C)C. The van der Waals surface area contributed by atoms with E-state index in [-0.39, 0.29) is 12.6 Å². The Morgan fingerprint density at radius 3 is 2.37 bits per heavy atom. The first kappa shape index (κ1) is 17.9. The maximum atomic E-state index is 11.3. The standard InChI is InChI=1S/C12H25N3O3S/c1-5-9(8-16)15-10(19)13-6-7-14-11(17)18-12(2,3)4/h9,16H,5-8H2,1-4H3,(H,14,17)(H2,13,15,19). The highest BCUT2D eigenvalue weighted by atomic mass is 32.1. The van der Waals surface area contributed by atoms with E-state index >= 15 is 0 Å². The zero-order chi connectivity index (χ0) is 14.9. The molecule has 0 radical (unpaired) electrons. The summed E-state index contributed by atoms with van der Waals surface area (Å²) in [6, 6.07) is -0.0428. The number of ether oxygens (including phenoxy) is 1. The molecule has 0 aromatic carbocycles. The van der Waals surface area contributed by atoms with E-state index in [2.05, 4.69) is 16.0 Å². The molecule has 0 saturated carbocycles. The topological polar surface area (TPSA) is 82.6 Å². The van der Waals surface area contributed by atoms with Gasteiger partial charge in [-0.05, 0) is 39.4 Å². The average molecular weight is 291 g/mol. The van der Waals surface area contributed by atoms with Crippen LogP contribution in [0.5, 0.6) is 0 Å². The Kier molecular flexibility index (Phi) is 8.42. The van der Waals surface area contributed by atoms with Crippen LogP contribution in [0.1, 0.15) is 34.1 Å². The van der Waals surface area contributed by atoms with Gasteiger partial charge in [-0.2, -0.15) is 0 Å². The smallest absolute Gasteiger partial charge is 0.407 e. The van der Waals surface area contributed by atoms with Crippen LogP contribution in [0.3, 0.4) is 0 Å². The Balaban J connectivity index is 3.69. The van der Waals surface area contributed by atoms with Gasteiger partial charge < -0.3 is 25.8 Å². The van der Waals surface area contributed by atoms with Crippen LogP contribution in [0.25, 0.3) is 0 Å². The Labute approximate surface area is 120 Å².